The van der Waals surface area contributed by atoms with Gasteiger partial charge in [0.1, 0.15) is 5.69 Å². The summed E-state index contributed by atoms with van der Waals surface area (Å²) in [6.45, 7) is 3.92. The Morgan fingerprint density at radius 1 is 1.12 bits per heavy atom. The van der Waals surface area contributed by atoms with Gasteiger partial charge in [0.2, 0.25) is 5.91 Å². The lowest BCUT2D eigenvalue weighted by atomic mass is 10.1. The summed E-state index contributed by atoms with van der Waals surface area (Å²) >= 11 is 18.0. The predicted molar refractivity (Wildman–Crippen MR) is 97.3 cm³/mol. The zero-order valence-corrected chi connectivity index (χ0v) is 15.2. The summed E-state index contributed by atoms with van der Waals surface area (Å²) in [7, 11) is 0. The number of nitrogens with zero attached hydrogens (tertiary/aromatic N) is 1. The molecule has 24 heavy (non-hydrogen) atoms. The number of halogens is 3. The van der Waals surface area contributed by atoms with Crippen LogP contribution in [0.25, 0.3) is 11.0 Å². The Bertz CT molecular complexity index is 927. The van der Waals surface area contributed by atoms with Crippen LogP contribution in [0, 0.1) is 13.8 Å². The van der Waals surface area contributed by atoms with Crippen LogP contribution in [0.15, 0.2) is 28.8 Å². The standard InChI is InChI=1S/C17H13Cl3N2O2/c1-8-3-9(2)17-11(4-8)14(22-24-17)7-15(23)21-16-12(19)5-10(18)6-13(16)20/h3-6H,7H2,1-2H3,(H,21,23). The van der Waals surface area contributed by atoms with E-state index in [4.69, 9.17) is 39.3 Å². The first kappa shape index (κ1) is 17.1. The van der Waals surface area contributed by atoms with Gasteiger partial charge in [0.05, 0.1) is 22.2 Å². The molecule has 0 aliphatic rings. The average Bonchev–Trinajstić information content (AvgIpc) is 2.86. The number of anilines is 1. The van der Waals surface area contributed by atoms with Gasteiger partial charge < -0.3 is 9.84 Å². The number of amides is 1. The lowest BCUT2D eigenvalue weighted by Gasteiger charge is -2.09. The average molecular weight is 384 g/mol. The van der Waals surface area contributed by atoms with E-state index in [9.17, 15) is 4.79 Å². The van der Waals surface area contributed by atoms with Gasteiger partial charge in [-0.25, -0.2) is 0 Å². The second kappa shape index (κ2) is 6.63. The van der Waals surface area contributed by atoms with E-state index < -0.39 is 0 Å². The highest BCUT2D eigenvalue weighted by atomic mass is 35.5. The van der Waals surface area contributed by atoms with Crippen molar-refractivity contribution in [2.75, 3.05) is 5.32 Å². The summed E-state index contributed by atoms with van der Waals surface area (Å²) in [6.07, 6.45) is 0.0468. The van der Waals surface area contributed by atoms with Crippen molar-refractivity contribution in [1.29, 1.82) is 0 Å². The summed E-state index contributed by atoms with van der Waals surface area (Å²) in [4.78, 5) is 12.3. The van der Waals surface area contributed by atoms with Crippen molar-refractivity contribution in [2.45, 2.75) is 20.3 Å². The third-order valence-electron chi connectivity index (χ3n) is 3.58. The third kappa shape index (κ3) is 3.36. The van der Waals surface area contributed by atoms with Gasteiger partial charge >= 0.3 is 0 Å². The van der Waals surface area contributed by atoms with Crippen molar-refractivity contribution in [2.24, 2.45) is 0 Å². The molecule has 3 aromatic rings. The highest BCUT2D eigenvalue weighted by molar-refractivity contribution is 6.42. The smallest absolute Gasteiger partial charge is 0.230 e. The van der Waals surface area contributed by atoms with Crippen molar-refractivity contribution < 1.29 is 9.32 Å². The fraction of sp³-hybridized carbons (Fsp3) is 0.176. The van der Waals surface area contributed by atoms with E-state index in [-0.39, 0.29) is 22.4 Å². The van der Waals surface area contributed by atoms with E-state index in [1.54, 1.807) is 0 Å². The Morgan fingerprint density at radius 2 is 1.79 bits per heavy atom. The second-order valence-corrected chi connectivity index (χ2v) is 6.81. The van der Waals surface area contributed by atoms with E-state index in [0.717, 1.165) is 16.5 Å². The molecule has 1 amide bonds. The molecule has 0 saturated heterocycles. The molecular formula is C17H13Cl3N2O2. The Kier molecular flexibility index (Phi) is 4.72. The van der Waals surface area contributed by atoms with E-state index in [0.29, 0.717) is 22.0 Å². The van der Waals surface area contributed by atoms with E-state index in [1.807, 2.05) is 26.0 Å². The summed E-state index contributed by atoms with van der Waals surface area (Å²) in [6, 6.07) is 6.99. The number of aryl methyl sites for hydroxylation is 2. The number of hydrogen-bond donors (Lipinski definition) is 1. The first-order chi connectivity index (χ1) is 11.3. The minimum Gasteiger partial charge on any atom is -0.356 e. The SMILES string of the molecule is Cc1cc(C)c2onc(CC(=O)Nc3c(Cl)cc(Cl)cc3Cl)c2c1. The van der Waals surface area contributed by atoms with Crippen LogP contribution in [-0.4, -0.2) is 11.1 Å². The Balaban J connectivity index is 1.86. The number of rotatable bonds is 3. The van der Waals surface area contributed by atoms with Crippen molar-refractivity contribution in [3.8, 4) is 0 Å². The topological polar surface area (TPSA) is 55.1 Å². The molecule has 3 rings (SSSR count). The van der Waals surface area contributed by atoms with Crippen LogP contribution in [0.2, 0.25) is 15.1 Å². The van der Waals surface area contributed by atoms with E-state index in [2.05, 4.69) is 10.5 Å². The molecule has 0 spiro atoms. The number of carbonyl (C=O) groups excluding carboxylic acids is 1. The molecule has 2 aromatic carbocycles. The minimum atomic E-state index is -0.296. The first-order valence-corrected chi connectivity index (χ1v) is 8.28. The van der Waals surface area contributed by atoms with E-state index in [1.165, 1.54) is 12.1 Å². The minimum absolute atomic E-state index is 0.0468. The maximum Gasteiger partial charge on any atom is 0.230 e. The maximum atomic E-state index is 12.3. The molecule has 124 valence electrons. The molecule has 0 aliphatic carbocycles. The zero-order valence-electron chi connectivity index (χ0n) is 12.9. The molecular weight excluding hydrogens is 371 g/mol. The summed E-state index contributed by atoms with van der Waals surface area (Å²) < 4.78 is 5.35. The van der Waals surface area contributed by atoms with Crippen LogP contribution in [0.1, 0.15) is 16.8 Å². The predicted octanol–water partition coefficient (Wildman–Crippen LogP) is 5.59. The van der Waals surface area contributed by atoms with Crippen LogP contribution in [0.3, 0.4) is 0 Å². The van der Waals surface area contributed by atoms with Crippen LogP contribution in [0.5, 0.6) is 0 Å². The monoisotopic (exact) mass is 382 g/mol. The van der Waals surface area contributed by atoms with Gasteiger partial charge in [-0.3, -0.25) is 4.79 Å². The zero-order chi connectivity index (χ0) is 17.4. The third-order valence-corrected chi connectivity index (χ3v) is 4.39. The van der Waals surface area contributed by atoms with Gasteiger partial charge in [0, 0.05) is 10.4 Å². The van der Waals surface area contributed by atoms with Gasteiger partial charge in [-0.1, -0.05) is 46.0 Å². The lowest BCUT2D eigenvalue weighted by molar-refractivity contribution is -0.115. The molecule has 1 N–H and O–H groups in total. The molecule has 0 radical (unpaired) electrons. The molecule has 0 bridgehead atoms. The summed E-state index contributed by atoms with van der Waals surface area (Å²) in [5.41, 5.74) is 3.64. The van der Waals surface area contributed by atoms with Crippen LogP contribution >= 0.6 is 34.8 Å². The fourth-order valence-corrected chi connectivity index (χ4v) is 3.48. The summed E-state index contributed by atoms with van der Waals surface area (Å²) in [5, 5.41) is 8.49. The molecule has 7 heteroatoms. The molecule has 1 aromatic heterocycles. The van der Waals surface area contributed by atoms with Crippen LogP contribution < -0.4 is 5.32 Å². The first-order valence-electron chi connectivity index (χ1n) is 7.15. The highest BCUT2D eigenvalue weighted by Crippen LogP contribution is 2.34. The molecule has 4 nitrogen and oxygen atoms in total. The van der Waals surface area contributed by atoms with Crippen LogP contribution in [0.4, 0.5) is 5.69 Å². The van der Waals surface area contributed by atoms with Gasteiger partial charge in [-0.2, -0.15) is 0 Å². The maximum absolute atomic E-state index is 12.3. The Labute approximate surface area is 153 Å². The normalized spacial score (nSPS) is 11.0. The van der Waals surface area contributed by atoms with Gasteiger partial charge in [0.25, 0.3) is 0 Å². The largest absolute Gasteiger partial charge is 0.356 e. The van der Waals surface area contributed by atoms with Gasteiger partial charge in [0.15, 0.2) is 5.58 Å². The number of aromatic nitrogens is 1. The highest BCUT2D eigenvalue weighted by Gasteiger charge is 2.16. The molecule has 0 fully saturated rings. The number of hydrogen-bond acceptors (Lipinski definition) is 3. The lowest BCUT2D eigenvalue weighted by Crippen LogP contribution is -2.15. The van der Waals surface area contributed by atoms with Gasteiger partial charge in [-0.15, -0.1) is 0 Å². The van der Waals surface area contributed by atoms with E-state index >= 15 is 0 Å². The quantitative estimate of drug-likeness (QED) is 0.641. The van der Waals surface area contributed by atoms with Crippen LogP contribution in [-0.2, 0) is 11.2 Å². The fourth-order valence-electron chi connectivity index (χ4n) is 2.56. The number of fused-ring (bicyclic) bond motifs is 1. The van der Waals surface area contributed by atoms with Crippen molar-refractivity contribution in [3.63, 3.8) is 0 Å². The number of benzene rings is 2. The number of carbonyl (C=O) groups is 1. The molecule has 1 heterocycles. The second-order valence-electron chi connectivity index (χ2n) is 5.56. The molecule has 0 saturated carbocycles. The van der Waals surface area contributed by atoms with Crippen molar-refractivity contribution in [1.82, 2.24) is 5.16 Å². The summed E-state index contributed by atoms with van der Waals surface area (Å²) in [5.74, 6) is -0.296. The van der Waals surface area contributed by atoms with Gasteiger partial charge in [-0.05, 0) is 43.2 Å². The molecule has 0 unspecified atom stereocenters. The Hall–Kier alpha value is -1.75. The Morgan fingerprint density at radius 3 is 2.46 bits per heavy atom. The number of nitrogens with one attached hydrogen (secondary N) is 1. The van der Waals surface area contributed by atoms with Crippen molar-refractivity contribution in [3.05, 3.63) is 56.2 Å². The molecule has 0 aliphatic heterocycles. The molecule has 0 atom stereocenters. The van der Waals surface area contributed by atoms with Crippen molar-refractivity contribution >= 4 is 57.4 Å².